The van der Waals surface area contributed by atoms with Crippen molar-refractivity contribution in [2.45, 2.75) is 6.54 Å². The SMILES string of the molecule is Fc1ccccc1Cn1ccc2cccc(Cl)c21. The normalized spacial score (nSPS) is 11.0. The van der Waals surface area contributed by atoms with Gasteiger partial charge in [0, 0.05) is 17.1 Å². The first-order valence-corrected chi connectivity index (χ1v) is 6.10. The third-order valence-electron chi connectivity index (χ3n) is 3.04. The molecule has 0 atom stereocenters. The lowest BCUT2D eigenvalue weighted by atomic mass is 10.2. The molecule has 2 aromatic carbocycles. The smallest absolute Gasteiger partial charge is 0.128 e. The molecule has 0 unspecified atom stereocenters. The van der Waals surface area contributed by atoms with Crippen molar-refractivity contribution in [2.24, 2.45) is 0 Å². The predicted molar refractivity (Wildman–Crippen MR) is 72.5 cm³/mol. The monoisotopic (exact) mass is 259 g/mol. The molecule has 0 bridgehead atoms. The van der Waals surface area contributed by atoms with Gasteiger partial charge in [-0.05, 0) is 18.2 Å². The zero-order chi connectivity index (χ0) is 12.5. The Hall–Kier alpha value is -1.80. The second-order valence-electron chi connectivity index (χ2n) is 4.21. The van der Waals surface area contributed by atoms with Crippen LogP contribution in [0, 0.1) is 5.82 Å². The quantitative estimate of drug-likeness (QED) is 0.639. The van der Waals surface area contributed by atoms with E-state index in [0.29, 0.717) is 17.1 Å². The number of hydrogen-bond acceptors (Lipinski definition) is 0. The fourth-order valence-electron chi connectivity index (χ4n) is 2.16. The Labute approximate surface area is 109 Å². The van der Waals surface area contributed by atoms with Gasteiger partial charge in [-0.1, -0.05) is 41.9 Å². The van der Waals surface area contributed by atoms with Gasteiger partial charge in [0.05, 0.1) is 17.1 Å². The largest absolute Gasteiger partial charge is 0.342 e. The lowest BCUT2D eigenvalue weighted by molar-refractivity contribution is 0.602. The summed E-state index contributed by atoms with van der Waals surface area (Å²) in [4.78, 5) is 0. The van der Waals surface area contributed by atoms with Gasteiger partial charge in [0.15, 0.2) is 0 Å². The summed E-state index contributed by atoms with van der Waals surface area (Å²) in [6, 6.07) is 14.5. The van der Waals surface area contributed by atoms with Gasteiger partial charge >= 0.3 is 0 Å². The van der Waals surface area contributed by atoms with Crippen LogP contribution >= 0.6 is 11.6 Å². The van der Waals surface area contributed by atoms with Crippen molar-refractivity contribution in [2.75, 3.05) is 0 Å². The van der Waals surface area contributed by atoms with E-state index in [1.807, 2.05) is 41.1 Å². The Morgan fingerprint density at radius 3 is 2.67 bits per heavy atom. The number of benzene rings is 2. The molecule has 0 amide bonds. The van der Waals surface area contributed by atoms with E-state index >= 15 is 0 Å². The van der Waals surface area contributed by atoms with Crippen molar-refractivity contribution in [3.05, 3.63) is 71.1 Å². The van der Waals surface area contributed by atoms with Crippen molar-refractivity contribution in [1.82, 2.24) is 4.57 Å². The van der Waals surface area contributed by atoms with E-state index in [1.165, 1.54) is 6.07 Å². The maximum absolute atomic E-state index is 13.6. The Bertz CT molecular complexity index is 703. The van der Waals surface area contributed by atoms with Crippen LogP contribution in [0.25, 0.3) is 10.9 Å². The molecule has 0 saturated carbocycles. The molecule has 0 aliphatic heterocycles. The van der Waals surface area contributed by atoms with E-state index in [1.54, 1.807) is 12.1 Å². The highest BCUT2D eigenvalue weighted by Gasteiger charge is 2.07. The third kappa shape index (κ3) is 1.89. The van der Waals surface area contributed by atoms with Crippen LogP contribution in [0.1, 0.15) is 5.56 Å². The molecular weight excluding hydrogens is 249 g/mol. The number of hydrogen-bond donors (Lipinski definition) is 0. The lowest BCUT2D eigenvalue weighted by Gasteiger charge is -2.07. The van der Waals surface area contributed by atoms with Gasteiger partial charge in [-0.2, -0.15) is 0 Å². The van der Waals surface area contributed by atoms with Crippen LogP contribution < -0.4 is 0 Å². The minimum absolute atomic E-state index is 0.189. The van der Waals surface area contributed by atoms with Gasteiger partial charge in [-0.3, -0.25) is 0 Å². The number of nitrogens with zero attached hydrogens (tertiary/aromatic N) is 1. The van der Waals surface area contributed by atoms with E-state index in [-0.39, 0.29) is 5.82 Å². The van der Waals surface area contributed by atoms with Crippen LogP contribution in [0.5, 0.6) is 0 Å². The molecule has 0 fully saturated rings. The zero-order valence-corrected chi connectivity index (χ0v) is 10.4. The molecule has 0 spiro atoms. The van der Waals surface area contributed by atoms with Crippen LogP contribution in [0.4, 0.5) is 4.39 Å². The summed E-state index contributed by atoms with van der Waals surface area (Å²) in [6.45, 7) is 0.486. The summed E-state index contributed by atoms with van der Waals surface area (Å²) in [5.41, 5.74) is 1.61. The van der Waals surface area contributed by atoms with Crippen molar-refractivity contribution in [3.8, 4) is 0 Å². The van der Waals surface area contributed by atoms with E-state index in [9.17, 15) is 4.39 Å². The number of para-hydroxylation sites is 1. The van der Waals surface area contributed by atoms with Crippen molar-refractivity contribution < 1.29 is 4.39 Å². The number of fused-ring (bicyclic) bond motifs is 1. The van der Waals surface area contributed by atoms with E-state index in [4.69, 9.17) is 11.6 Å². The number of halogens is 2. The van der Waals surface area contributed by atoms with Crippen molar-refractivity contribution >= 4 is 22.5 Å². The minimum atomic E-state index is -0.189. The molecule has 3 heteroatoms. The van der Waals surface area contributed by atoms with Crippen LogP contribution in [0.2, 0.25) is 5.02 Å². The van der Waals surface area contributed by atoms with Crippen LogP contribution in [-0.4, -0.2) is 4.57 Å². The van der Waals surface area contributed by atoms with E-state index in [0.717, 1.165) is 10.9 Å². The highest BCUT2D eigenvalue weighted by Crippen LogP contribution is 2.25. The molecule has 1 nitrogen and oxygen atoms in total. The summed E-state index contributed by atoms with van der Waals surface area (Å²) >= 11 is 6.19. The molecule has 18 heavy (non-hydrogen) atoms. The molecule has 0 aliphatic carbocycles. The maximum atomic E-state index is 13.6. The fraction of sp³-hybridized carbons (Fsp3) is 0.0667. The van der Waals surface area contributed by atoms with Gasteiger partial charge in [-0.25, -0.2) is 4.39 Å². The fourth-order valence-corrected chi connectivity index (χ4v) is 2.45. The van der Waals surface area contributed by atoms with Crippen LogP contribution in [-0.2, 0) is 6.54 Å². The minimum Gasteiger partial charge on any atom is -0.342 e. The number of aromatic nitrogens is 1. The number of rotatable bonds is 2. The second kappa shape index (κ2) is 4.46. The highest BCUT2D eigenvalue weighted by atomic mass is 35.5. The first-order valence-electron chi connectivity index (χ1n) is 5.72. The predicted octanol–water partition coefficient (Wildman–Crippen LogP) is 4.48. The average Bonchev–Trinajstić information content (AvgIpc) is 2.77. The molecule has 0 saturated heterocycles. The van der Waals surface area contributed by atoms with Gasteiger partial charge in [0.1, 0.15) is 5.82 Å². The molecule has 1 aromatic heterocycles. The summed E-state index contributed by atoms with van der Waals surface area (Å²) in [5, 5.41) is 1.76. The van der Waals surface area contributed by atoms with Gasteiger partial charge in [0.2, 0.25) is 0 Å². The first kappa shape index (κ1) is 11.3. The van der Waals surface area contributed by atoms with Crippen LogP contribution in [0.15, 0.2) is 54.7 Å². The van der Waals surface area contributed by atoms with Crippen molar-refractivity contribution in [1.29, 1.82) is 0 Å². The van der Waals surface area contributed by atoms with Crippen LogP contribution in [0.3, 0.4) is 0 Å². The molecule has 90 valence electrons. The standard InChI is InChI=1S/C15H11ClFN/c16-13-6-3-5-11-8-9-18(15(11)13)10-12-4-1-2-7-14(12)17/h1-9H,10H2. The summed E-state index contributed by atoms with van der Waals surface area (Å²) in [7, 11) is 0. The summed E-state index contributed by atoms with van der Waals surface area (Å²) in [5.74, 6) is -0.189. The Kier molecular flexibility index (Phi) is 2.80. The Balaban J connectivity index is 2.09. The van der Waals surface area contributed by atoms with Crippen molar-refractivity contribution in [3.63, 3.8) is 0 Å². The zero-order valence-electron chi connectivity index (χ0n) is 9.61. The molecule has 3 aromatic rings. The molecule has 0 radical (unpaired) electrons. The van der Waals surface area contributed by atoms with Gasteiger partial charge < -0.3 is 4.57 Å². The van der Waals surface area contributed by atoms with E-state index in [2.05, 4.69) is 0 Å². The maximum Gasteiger partial charge on any atom is 0.128 e. The summed E-state index contributed by atoms with van der Waals surface area (Å²) < 4.78 is 15.6. The molecular formula is C15H11ClFN. The summed E-state index contributed by atoms with van der Waals surface area (Å²) in [6.07, 6.45) is 1.93. The molecule has 3 rings (SSSR count). The lowest BCUT2D eigenvalue weighted by Crippen LogP contribution is -2.00. The highest BCUT2D eigenvalue weighted by molar-refractivity contribution is 6.35. The topological polar surface area (TPSA) is 4.93 Å². The van der Waals surface area contributed by atoms with Gasteiger partial charge in [-0.15, -0.1) is 0 Å². The molecule has 1 heterocycles. The Morgan fingerprint density at radius 2 is 1.83 bits per heavy atom. The van der Waals surface area contributed by atoms with Gasteiger partial charge in [0.25, 0.3) is 0 Å². The average molecular weight is 260 g/mol. The third-order valence-corrected chi connectivity index (χ3v) is 3.34. The Morgan fingerprint density at radius 1 is 1.00 bits per heavy atom. The second-order valence-corrected chi connectivity index (χ2v) is 4.62. The first-order chi connectivity index (χ1) is 8.75. The molecule has 0 N–H and O–H groups in total. The van der Waals surface area contributed by atoms with E-state index < -0.39 is 0 Å². The molecule has 0 aliphatic rings.